The standard InChI is InChI=1S/C33H48N2O6/c1-2-3-4-5-6-7-8-9-13-18-26-40-29-24-21-25(30(29)41-26)28-27(24)31(36)35(32(28)37)20-15-14-19-34-33(38)39-22-23-16-11-10-12-17-23/h10-12,16-17,24-30H,2-9,13-15,18-22H2,1H3,(H,34,38)/t24-,25+,26?,27-,28+,29-,30+. The van der Waals surface area contributed by atoms with E-state index in [1.165, 1.54) is 56.3 Å². The summed E-state index contributed by atoms with van der Waals surface area (Å²) in [5.74, 6) is -0.402. The average Bonchev–Trinajstić information content (AvgIpc) is 3.72. The van der Waals surface area contributed by atoms with Gasteiger partial charge in [0.25, 0.3) is 0 Å². The van der Waals surface area contributed by atoms with Crippen LogP contribution >= 0.6 is 0 Å². The van der Waals surface area contributed by atoms with Crippen LogP contribution < -0.4 is 5.32 Å². The maximum atomic E-state index is 13.3. The molecule has 0 radical (unpaired) electrons. The summed E-state index contributed by atoms with van der Waals surface area (Å²) in [7, 11) is 0. The molecule has 3 amide bonds. The fraction of sp³-hybridized carbons (Fsp3) is 0.727. The third-order valence-corrected chi connectivity index (χ3v) is 9.58. The second kappa shape index (κ2) is 14.6. The van der Waals surface area contributed by atoms with Crippen molar-refractivity contribution in [2.45, 2.75) is 115 Å². The van der Waals surface area contributed by atoms with E-state index in [0.717, 1.165) is 24.8 Å². The molecule has 1 aromatic carbocycles. The number of amides is 3. The van der Waals surface area contributed by atoms with Crippen LogP contribution in [0.1, 0.15) is 96.0 Å². The molecular weight excluding hydrogens is 520 g/mol. The largest absolute Gasteiger partial charge is 0.445 e. The zero-order valence-corrected chi connectivity index (χ0v) is 24.6. The van der Waals surface area contributed by atoms with Crippen molar-refractivity contribution in [3.63, 3.8) is 0 Å². The summed E-state index contributed by atoms with van der Waals surface area (Å²) in [6.07, 6.45) is 13.9. The normalized spacial score (nSPS) is 29.7. The van der Waals surface area contributed by atoms with Gasteiger partial charge in [-0.1, -0.05) is 88.6 Å². The number of carbonyl (C=O) groups excluding carboxylic acids is 3. The van der Waals surface area contributed by atoms with E-state index in [1.807, 2.05) is 30.3 Å². The van der Waals surface area contributed by atoms with Crippen molar-refractivity contribution in [3.05, 3.63) is 35.9 Å². The zero-order chi connectivity index (χ0) is 28.6. The van der Waals surface area contributed by atoms with Gasteiger partial charge >= 0.3 is 6.09 Å². The van der Waals surface area contributed by atoms with Crippen molar-refractivity contribution in [1.82, 2.24) is 10.2 Å². The molecule has 8 heteroatoms. The van der Waals surface area contributed by atoms with Crippen molar-refractivity contribution < 1.29 is 28.6 Å². The molecule has 2 aliphatic heterocycles. The van der Waals surface area contributed by atoms with E-state index in [4.69, 9.17) is 14.2 Å². The fourth-order valence-corrected chi connectivity index (χ4v) is 7.52. The van der Waals surface area contributed by atoms with Crippen LogP contribution in [0, 0.1) is 23.7 Å². The van der Waals surface area contributed by atoms with Gasteiger partial charge in [0.1, 0.15) is 6.61 Å². The highest BCUT2D eigenvalue weighted by Gasteiger charge is 2.69. The quantitative estimate of drug-likeness (QED) is 0.184. The summed E-state index contributed by atoms with van der Waals surface area (Å²) < 4.78 is 17.9. The fourth-order valence-electron chi connectivity index (χ4n) is 7.52. The molecule has 2 saturated heterocycles. The lowest BCUT2D eigenvalue weighted by Crippen LogP contribution is -2.41. The molecule has 2 bridgehead atoms. The number of fused-ring (bicyclic) bond motifs is 8. The lowest BCUT2D eigenvalue weighted by Gasteiger charge is -2.28. The van der Waals surface area contributed by atoms with Gasteiger partial charge in [-0.3, -0.25) is 14.5 Å². The highest BCUT2D eigenvalue weighted by molar-refractivity contribution is 6.06. The average molecular weight is 569 g/mol. The number of benzene rings is 1. The van der Waals surface area contributed by atoms with Crippen molar-refractivity contribution in [1.29, 1.82) is 0 Å². The second-order valence-electron chi connectivity index (χ2n) is 12.4. The molecule has 41 heavy (non-hydrogen) atoms. The van der Waals surface area contributed by atoms with Gasteiger partial charge in [0, 0.05) is 24.9 Å². The Labute approximate surface area is 244 Å². The molecule has 0 aromatic heterocycles. The molecule has 5 rings (SSSR count). The Morgan fingerprint density at radius 1 is 0.854 bits per heavy atom. The van der Waals surface area contributed by atoms with E-state index in [0.29, 0.717) is 25.9 Å². The van der Waals surface area contributed by atoms with Crippen molar-refractivity contribution >= 4 is 17.9 Å². The number of imide groups is 1. The molecule has 4 aliphatic rings. The zero-order valence-electron chi connectivity index (χ0n) is 24.6. The SMILES string of the molecule is CCCCCCCCCCCC1O[C@@H]2[C@@H]3C[C@H]([C@@H]2O1)[C@@H]1C(=O)N(CCCCNC(=O)OCc2ccccc2)C(=O)[C@H]31. The van der Waals surface area contributed by atoms with Gasteiger partial charge in [0.05, 0.1) is 24.0 Å². The molecule has 2 heterocycles. The monoisotopic (exact) mass is 568 g/mol. The van der Waals surface area contributed by atoms with Crippen LogP contribution in [0.2, 0.25) is 0 Å². The van der Waals surface area contributed by atoms with Gasteiger partial charge in [0.15, 0.2) is 6.29 Å². The van der Waals surface area contributed by atoms with E-state index in [-0.39, 0.29) is 60.6 Å². The number of hydrogen-bond donors (Lipinski definition) is 1. The molecule has 4 fully saturated rings. The number of nitrogens with one attached hydrogen (secondary N) is 1. The number of hydrogen-bond acceptors (Lipinski definition) is 6. The third kappa shape index (κ3) is 7.14. The summed E-state index contributed by atoms with van der Waals surface area (Å²) in [4.78, 5) is 40.0. The minimum Gasteiger partial charge on any atom is -0.445 e. The predicted molar refractivity (Wildman–Crippen MR) is 155 cm³/mol. The summed E-state index contributed by atoms with van der Waals surface area (Å²) in [6, 6.07) is 9.53. The third-order valence-electron chi connectivity index (χ3n) is 9.58. The second-order valence-corrected chi connectivity index (χ2v) is 12.4. The summed E-state index contributed by atoms with van der Waals surface area (Å²) in [5, 5.41) is 2.75. The summed E-state index contributed by atoms with van der Waals surface area (Å²) in [6.45, 7) is 3.31. The molecule has 8 nitrogen and oxygen atoms in total. The van der Waals surface area contributed by atoms with Crippen LogP contribution in [0.3, 0.4) is 0 Å². The van der Waals surface area contributed by atoms with Gasteiger partial charge in [-0.15, -0.1) is 0 Å². The first kappa shape index (κ1) is 30.0. The number of carbonyl (C=O) groups is 3. The van der Waals surface area contributed by atoms with E-state index in [9.17, 15) is 14.4 Å². The van der Waals surface area contributed by atoms with E-state index in [2.05, 4.69) is 12.2 Å². The highest BCUT2D eigenvalue weighted by atomic mass is 16.7. The summed E-state index contributed by atoms with van der Waals surface area (Å²) in [5.41, 5.74) is 0.933. The van der Waals surface area contributed by atoms with Crippen LogP contribution in [0.5, 0.6) is 0 Å². The van der Waals surface area contributed by atoms with E-state index in [1.54, 1.807) is 0 Å². The van der Waals surface area contributed by atoms with E-state index >= 15 is 0 Å². The van der Waals surface area contributed by atoms with Crippen molar-refractivity contribution in [3.8, 4) is 0 Å². The lowest BCUT2D eigenvalue weighted by molar-refractivity contribution is -0.142. The number of nitrogens with zero attached hydrogens (tertiary/aromatic N) is 1. The molecule has 0 spiro atoms. The van der Waals surface area contributed by atoms with Crippen molar-refractivity contribution in [2.75, 3.05) is 13.1 Å². The van der Waals surface area contributed by atoms with Crippen molar-refractivity contribution in [2.24, 2.45) is 23.7 Å². The number of ether oxygens (including phenoxy) is 3. The van der Waals surface area contributed by atoms with Crippen LogP contribution in [0.15, 0.2) is 30.3 Å². The maximum absolute atomic E-state index is 13.3. The molecule has 2 saturated carbocycles. The molecule has 226 valence electrons. The smallest absolute Gasteiger partial charge is 0.407 e. The first-order valence-electron chi connectivity index (χ1n) is 16.2. The van der Waals surface area contributed by atoms with Gasteiger partial charge in [-0.25, -0.2) is 4.79 Å². The molecule has 7 atom stereocenters. The number of unbranched alkanes of at least 4 members (excludes halogenated alkanes) is 9. The van der Waals surface area contributed by atoms with Crippen LogP contribution in [0.4, 0.5) is 4.79 Å². The number of rotatable bonds is 17. The van der Waals surface area contributed by atoms with Crippen LogP contribution in [0.25, 0.3) is 0 Å². The van der Waals surface area contributed by atoms with Gasteiger partial charge in [-0.05, 0) is 37.7 Å². The minimum atomic E-state index is -0.462. The Hall–Kier alpha value is -2.45. The Balaban J connectivity index is 0.974. The Morgan fingerprint density at radius 2 is 1.46 bits per heavy atom. The van der Waals surface area contributed by atoms with Gasteiger partial charge in [-0.2, -0.15) is 0 Å². The van der Waals surface area contributed by atoms with Crippen LogP contribution in [-0.2, 0) is 30.4 Å². The molecule has 2 aliphatic carbocycles. The summed E-state index contributed by atoms with van der Waals surface area (Å²) >= 11 is 0. The van der Waals surface area contributed by atoms with Gasteiger partial charge in [0.2, 0.25) is 11.8 Å². The Bertz CT molecular complexity index is 982. The lowest BCUT2D eigenvalue weighted by atomic mass is 9.78. The molecule has 1 unspecified atom stereocenters. The van der Waals surface area contributed by atoms with E-state index < -0.39 is 6.09 Å². The molecular formula is C33H48N2O6. The molecule has 1 N–H and O–H groups in total. The van der Waals surface area contributed by atoms with Gasteiger partial charge < -0.3 is 19.5 Å². The molecule has 1 aromatic rings. The van der Waals surface area contributed by atoms with Crippen LogP contribution in [-0.4, -0.2) is 54.4 Å². The number of likely N-dealkylation sites (tertiary alicyclic amines) is 1. The Kier molecular flexibility index (Phi) is 10.7. The highest BCUT2D eigenvalue weighted by Crippen LogP contribution is 2.60. The first-order valence-corrected chi connectivity index (χ1v) is 16.2. The Morgan fingerprint density at radius 3 is 2.10 bits per heavy atom. The topological polar surface area (TPSA) is 94.2 Å². The minimum absolute atomic E-state index is 0.0350. The maximum Gasteiger partial charge on any atom is 0.407 e. The first-order chi connectivity index (χ1) is 20.1. The predicted octanol–water partition coefficient (Wildman–Crippen LogP) is 5.97. The number of alkyl carbamates (subject to hydrolysis) is 1.